The van der Waals surface area contributed by atoms with Gasteiger partial charge < -0.3 is 20.3 Å². The van der Waals surface area contributed by atoms with Crippen molar-refractivity contribution in [3.8, 4) is 0 Å². The molecule has 148 valence electrons. The fourth-order valence-electron chi connectivity index (χ4n) is 2.22. The molecule has 0 saturated carbocycles. The van der Waals surface area contributed by atoms with Crippen LogP contribution in [0.3, 0.4) is 0 Å². The summed E-state index contributed by atoms with van der Waals surface area (Å²) in [5.41, 5.74) is 0.721. The summed E-state index contributed by atoms with van der Waals surface area (Å²) in [7, 11) is 3.50. The average Bonchev–Trinajstić information content (AvgIpc) is 2.54. The zero-order valence-electron chi connectivity index (χ0n) is 16.7. The second-order valence-corrected chi connectivity index (χ2v) is 7.26. The van der Waals surface area contributed by atoms with E-state index in [0.29, 0.717) is 19.6 Å². The molecular weight excluding hydrogens is 443 g/mol. The summed E-state index contributed by atoms with van der Waals surface area (Å²) in [5.74, 6) is 1.00. The highest BCUT2D eigenvalue weighted by molar-refractivity contribution is 14.0. The molecule has 0 heterocycles. The third kappa shape index (κ3) is 10.5. The number of aliphatic imine (C=N–C) groups is 1. The van der Waals surface area contributed by atoms with Crippen molar-refractivity contribution < 1.29 is 9.53 Å². The lowest BCUT2D eigenvalue weighted by atomic mass is 10.1. The van der Waals surface area contributed by atoms with Crippen LogP contribution in [-0.4, -0.2) is 49.7 Å². The number of ether oxygens (including phenoxy) is 1. The molecule has 1 rings (SSSR count). The monoisotopic (exact) mass is 476 g/mol. The zero-order valence-corrected chi connectivity index (χ0v) is 19.0. The Morgan fingerprint density at radius 2 is 1.85 bits per heavy atom. The lowest BCUT2D eigenvalue weighted by molar-refractivity contribution is 0.0278. The predicted octanol–water partition coefficient (Wildman–Crippen LogP) is 3.47. The second kappa shape index (κ2) is 12.0. The number of nitrogens with zero attached hydrogens (tertiary/aromatic N) is 2. The molecule has 1 amide bonds. The molecule has 7 heteroatoms. The first-order chi connectivity index (χ1) is 11.7. The molecule has 0 aliphatic rings. The topological polar surface area (TPSA) is 66.0 Å². The van der Waals surface area contributed by atoms with E-state index in [-0.39, 0.29) is 36.0 Å². The van der Waals surface area contributed by atoms with Gasteiger partial charge in [-0.05, 0) is 32.3 Å². The maximum Gasteiger partial charge on any atom is 0.410 e. The SMILES string of the molecule is CN=C(NCc1ccccc1)NCC(C)CN(C)C(=O)OC(C)(C)C.I. The van der Waals surface area contributed by atoms with Crippen molar-refractivity contribution in [3.63, 3.8) is 0 Å². The van der Waals surface area contributed by atoms with Crippen LogP contribution >= 0.6 is 24.0 Å². The van der Waals surface area contributed by atoms with Gasteiger partial charge in [0, 0.05) is 33.7 Å². The summed E-state index contributed by atoms with van der Waals surface area (Å²) in [6, 6.07) is 10.2. The molecule has 26 heavy (non-hydrogen) atoms. The summed E-state index contributed by atoms with van der Waals surface area (Å²) in [6.07, 6.45) is -0.300. The second-order valence-electron chi connectivity index (χ2n) is 7.26. The lowest BCUT2D eigenvalue weighted by Crippen LogP contribution is -2.42. The van der Waals surface area contributed by atoms with E-state index in [1.54, 1.807) is 19.0 Å². The number of hydrogen-bond donors (Lipinski definition) is 2. The molecule has 1 aromatic rings. The zero-order chi connectivity index (χ0) is 18.9. The Morgan fingerprint density at radius 1 is 1.23 bits per heavy atom. The molecule has 0 radical (unpaired) electrons. The number of halogens is 1. The van der Waals surface area contributed by atoms with E-state index in [0.717, 1.165) is 5.96 Å². The molecule has 0 saturated heterocycles. The van der Waals surface area contributed by atoms with Crippen molar-refractivity contribution in [2.45, 2.75) is 39.8 Å². The Hall–Kier alpha value is -1.51. The number of carbonyl (C=O) groups is 1. The number of carbonyl (C=O) groups excluding carboxylic acids is 1. The maximum absolute atomic E-state index is 12.0. The fraction of sp³-hybridized carbons (Fsp3) is 0.579. The van der Waals surface area contributed by atoms with Gasteiger partial charge in [-0.3, -0.25) is 4.99 Å². The normalized spacial score (nSPS) is 12.6. The van der Waals surface area contributed by atoms with E-state index < -0.39 is 5.60 Å². The molecule has 2 N–H and O–H groups in total. The van der Waals surface area contributed by atoms with Gasteiger partial charge in [-0.15, -0.1) is 24.0 Å². The molecule has 0 aliphatic heterocycles. The van der Waals surface area contributed by atoms with Gasteiger partial charge >= 0.3 is 6.09 Å². The van der Waals surface area contributed by atoms with Gasteiger partial charge in [-0.1, -0.05) is 37.3 Å². The largest absolute Gasteiger partial charge is 0.444 e. The lowest BCUT2D eigenvalue weighted by Gasteiger charge is -2.26. The van der Waals surface area contributed by atoms with Crippen molar-refractivity contribution in [1.82, 2.24) is 15.5 Å². The van der Waals surface area contributed by atoms with Crippen LogP contribution < -0.4 is 10.6 Å². The number of hydrogen-bond acceptors (Lipinski definition) is 3. The number of guanidine groups is 1. The molecule has 6 nitrogen and oxygen atoms in total. The first kappa shape index (κ1) is 24.5. The molecule has 0 aliphatic carbocycles. The van der Waals surface area contributed by atoms with Gasteiger partial charge in [-0.25, -0.2) is 4.79 Å². The van der Waals surface area contributed by atoms with Crippen LogP contribution in [0.15, 0.2) is 35.3 Å². The van der Waals surface area contributed by atoms with Crippen molar-refractivity contribution in [3.05, 3.63) is 35.9 Å². The van der Waals surface area contributed by atoms with Crippen LogP contribution in [0.25, 0.3) is 0 Å². The highest BCUT2D eigenvalue weighted by Gasteiger charge is 2.20. The third-order valence-corrected chi connectivity index (χ3v) is 3.44. The van der Waals surface area contributed by atoms with E-state index in [2.05, 4.69) is 34.7 Å². The Labute approximate surface area is 174 Å². The van der Waals surface area contributed by atoms with E-state index in [1.807, 2.05) is 39.0 Å². The van der Waals surface area contributed by atoms with Crippen molar-refractivity contribution >= 4 is 36.0 Å². The molecule has 0 bridgehead atoms. The minimum Gasteiger partial charge on any atom is -0.444 e. The molecule has 0 spiro atoms. The standard InChI is InChI=1S/C19H32N4O2.HI/c1-15(14-23(6)18(24)25-19(2,3)4)12-21-17(20-5)22-13-16-10-8-7-9-11-16;/h7-11,15H,12-14H2,1-6H3,(H2,20,21,22);1H. The number of nitrogens with one attached hydrogen (secondary N) is 2. The molecule has 1 unspecified atom stereocenters. The number of benzene rings is 1. The van der Waals surface area contributed by atoms with E-state index in [9.17, 15) is 4.79 Å². The molecule has 0 fully saturated rings. The molecule has 0 aromatic heterocycles. The molecular formula is C19H33IN4O2. The van der Waals surface area contributed by atoms with Gasteiger partial charge in [0.2, 0.25) is 0 Å². The van der Waals surface area contributed by atoms with Crippen molar-refractivity contribution in [1.29, 1.82) is 0 Å². The number of amides is 1. The van der Waals surface area contributed by atoms with Crippen LogP contribution in [0.4, 0.5) is 4.79 Å². The van der Waals surface area contributed by atoms with Gasteiger partial charge in [0.1, 0.15) is 5.60 Å². The van der Waals surface area contributed by atoms with Gasteiger partial charge in [0.15, 0.2) is 5.96 Å². The van der Waals surface area contributed by atoms with Gasteiger partial charge in [0.25, 0.3) is 0 Å². The smallest absolute Gasteiger partial charge is 0.410 e. The highest BCUT2D eigenvalue weighted by atomic mass is 127. The van der Waals surface area contributed by atoms with E-state index >= 15 is 0 Å². The van der Waals surface area contributed by atoms with Crippen LogP contribution in [0.2, 0.25) is 0 Å². The third-order valence-electron chi connectivity index (χ3n) is 3.44. The van der Waals surface area contributed by atoms with Crippen molar-refractivity contribution in [2.75, 3.05) is 27.2 Å². The van der Waals surface area contributed by atoms with Crippen molar-refractivity contribution in [2.24, 2.45) is 10.9 Å². The first-order valence-electron chi connectivity index (χ1n) is 8.64. The minimum atomic E-state index is -0.476. The summed E-state index contributed by atoms with van der Waals surface area (Å²) < 4.78 is 5.37. The Balaban J connectivity index is 0.00000625. The highest BCUT2D eigenvalue weighted by Crippen LogP contribution is 2.10. The van der Waals surface area contributed by atoms with Gasteiger partial charge in [0.05, 0.1) is 0 Å². The van der Waals surface area contributed by atoms with Gasteiger partial charge in [-0.2, -0.15) is 0 Å². The van der Waals surface area contributed by atoms with Crippen LogP contribution in [0, 0.1) is 5.92 Å². The Kier molecular flexibility index (Phi) is 11.3. The summed E-state index contributed by atoms with van der Waals surface area (Å²) >= 11 is 0. The van der Waals surface area contributed by atoms with E-state index in [4.69, 9.17) is 4.74 Å². The molecule has 1 aromatic carbocycles. The first-order valence-corrected chi connectivity index (χ1v) is 8.64. The Bertz CT molecular complexity index is 558. The number of rotatable bonds is 6. The summed E-state index contributed by atoms with van der Waals surface area (Å²) in [5, 5.41) is 6.57. The quantitative estimate of drug-likeness (QED) is 0.375. The average molecular weight is 476 g/mol. The Morgan fingerprint density at radius 3 is 2.38 bits per heavy atom. The van der Waals surface area contributed by atoms with E-state index in [1.165, 1.54) is 5.56 Å². The molecule has 1 atom stereocenters. The predicted molar refractivity (Wildman–Crippen MR) is 118 cm³/mol. The van der Waals surface area contributed by atoms with Crippen LogP contribution in [0.5, 0.6) is 0 Å². The summed E-state index contributed by atoms with van der Waals surface area (Å²) in [4.78, 5) is 17.8. The minimum absolute atomic E-state index is 0. The summed E-state index contributed by atoms with van der Waals surface area (Å²) in [6.45, 7) is 9.72. The van der Waals surface area contributed by atoms with Crippen LogP contribution in [0.1, 0.15) is 33.3 Å². The maximum atomic E-state index is 12.0. The van der Waals surface area contributed by atoms with Crippen LogP contribution in [-0.2, 0) is 11.3 Å². The fourth-order valence-corrected chi connectivity index (χ4v) is 2.22.